The van der Waals surface area contributed by atoms with Gasteiger partial charge in [0, 0.05) is 6.20 Å². The van der Waals surface area contributed by atoms with Gasteiger partial charge in [0.05, 0.1) is 11.6 Å². The van der Waals surface area contributed by atoms with Crippen LogP contribution >= 0.6 is 15.9 Å². The number of nitrogens with two attached hydrogens (primary N) is 1. The van der Waals surface area contributed by atoms with Gasteiger partial charge < -0.3 is 15.2 Å². The highest BCUT2D eigenvalue weighted by Crippen LogP contribution is 2.29. The fourth-order valence-corrected chi connectivity index (χ4v) is 1.94. The van der Waals surface area contributed by atoms with Gasteiger partial charge in [-0.25, -0.2) is 4.98 Å². The number of ether oxygens (including phenoxy) is 2. The van der Waals surface area contributed by atoms with Crippen molar-refractivity contribution in [2.24, 2.45) is 0 Å². The molecular weight excluding hydrogens is 296 g/mol. The first-order valence-corrected chi connectivity index (χ1v) is 6.15. The van der Waals surface area contributed by atoms with Gasteiger partial charge in [-0.1, -0.05) is 0 Å². The van der Waals surface area contributed by atoms with Crippen molar-refractivity contribution in [3.63, 3.8) is 0 Å². The highest BCUT2D eigenvalue weighted by Gasteiger charge is 2.03. The number of methoxy groups -OCH3 is 1. The van der Waals surface area contributed by atoms with Crippen molar-refractivity contribution in [2.75, 3.05) is 12.8 Å². The van der Waals surface area contributed by atoms with Crippen LogP contribution in [-0.4, -0.2) is 12.1 Å². The topological polar surface area (TPSA) is 57.4 Å². The number of benzene rings is 1. The molecule has 18 heavy (non-hydrogen) atoms. The van der Waals surface area contributed by atoms with E-state index >= 15 is 0 Å². The number of aromatic nitrogens is 1. The molecule has 0 atom stereocenters. The molecule has 1 aromatic heterocycles. The quantitative estimate of drug-likeness (QED) is 0.943. The summed E-state index contributed by atoms with van der Waals surface area (Å²) in [6.45, 7) is 0.442. The number of hydrogen-bond acceptors (Lipinski definition) is 4. The van der Waals surface area contributed by atoms with Crippen molar-refractivity contribution < 1.29 is 9.47 Å². The van der Waals surface area contributed by atoms with Crippen LogP contribution in [0.25, 0.3) is 0 Å². The number of pyridine rings is 1. The Kier molecular flexibility index (Phi) is 4.04. The highest BCUT2D eigenvalue weighted by atomic mass is 79.9. The molecule has 0 aliphatic carbocycles. The van der Waals surface area contributed by atoms with E-state index in [0.717, 1.165) is 21.5 Å². The predicted molar refractivity (Wildman–Crippen MR) is 73.7 cm³/mol. The Bertz CT molecular complexity index is 546. The molecule has 0 saturated carbocycles. The molecule has 0 aliphatic heterocycles. The Hall–Kier alpha value is -1.75. The third-order valence-corrected chi connectivity index (χ3v) is 3.00. The molecule has 0 saturated heterocycles. The average molecular weight is 309 g/mol. The van der Waals surface area contributed by atoms with Gasteiger partial charge in [0.2, 0.25) is 0 Å². The predicted octanol–water partition coefficient (Wildman–Crippen LogP) is 3.01. The van der Waals surface area contributed by atoms with Crippen molar-refractivity contribution in [1.82, 2.24) is 4.98 Å². The molecule has 1 heterocycles. The van der Waals surface area contributed by atoms with Crippen LogP contribution in [0.4, 0.5) is 5.82 Å². The van der Waals surface area contributed by atoms with E-state index in [-0.39, 0.29) is 0 Å². The lowest BCUT2D eigenvalue weighted by atomic mass is 10.3. The van der Waals surface area contributed by atoms with Crippen LogP contribution in [0.3, 0.4) is 0 Å². The van der Waals surface area contributed by atoms with Gasteiger partial charge in [0.15, 0.2) is 0 Å². The molecule has 0 bridgehead atoms. The fraction of sp³-hybridized carbons (Fsp3) is 0.154. The van der Waals surface area contributed by atoms with Crippen molar-refractivity contribution in [3.8, 4) is 11.5 Å². The number of halogens is 1. The number of hydrogen-bond donors (Lipinski definition) is 1. The lowest BCUT2D eigenvalue weighted by Crippen LogP contribution is -1.98. The van der Waals surface area contributed by atoms with Gasteiger partial charge in [-0.3, -0.25) is 0 Å². The summed E-state index contributed by atoms with van der Waals surface area (Å²) < 4.78 is 11.7. The first-order valence-electron chi connectivity index (χ1n) is 5.36. The normalized spacial score (nSPS) is 10.1. The van der Waals surface area contributed by atoms with Crippen LogP contribution in [0.15, 0.2) is 41.0 Å². The van der Waals surface area contributed by atoms with Gasteiger partial charge in [-0.15, -0.1) is 0 Å². The Morgan fingerprint density at radius 2 is 2.11 bits per heavy atom. The minimum Gasteiger partial charge on any atom is -0.497 e. The SMILES string of the molecule is COc1ccc(OCc2ccnc(N)c2)c(Br)c1. The zero-order chi connectivity index (χ0) is 13.0. The second-order valence-electron chi connectivity index (χ2n) is 3.67. The van der Waals surface area contributed by atoms with Crippen molar-refractivity contribution in [3.05, 3.63) is 46.6 Å². The van der Waals surface area contributed by atoms with Gasteiger partial charge in [-0.05, 0) is 51.8 Å². The maximum Gasteiger partial charge on any atom is 0.134 e. The summed E-state index contributed by atoms with van der Waals surface area (Å²) in [5.41, 5.74) is 6.58. The number of anilines is 1. The third kappa shape index (κ3) is 3.13. The Morgan fingerprint density at radius 1 is 1.28 bits per heavy atom. The van der Waals surface area contributed by atoms with Crippen LogP contribution in [-0.2, 0) is 6.61 Å². The molecule has 0 radical (unpaired) electrons. The fourth-order valence-electron chi connectivity index (χ4n) is 1.47. The van der Waals surface area contributed by atoms with E-state index in [4.69, 9.17) is 15.2 Å². The monoisotopic (exact) mass is 308 g/mol. The van der Waals surface area contributed by atoms with Gasteiger partial charge >= 0.3 is 0 Å². The zero-order valence-corrected chi connectivity index (χ0v) is 11.5. The lowest BCUT2D eigenvalue weighted by molar-refractivity contribution is 0.303. The van der Waals surface area contributed by atoms with Gasteiger partial charge in [0.25, 0.3) is 0 Å². The van der Waals surface area contributed by atoms with E-state index < -0.39 is 0 Å². The van der Waals surface area contributed by atoms with E-state index in [2.05, 4.69) is 20.9 Å². The minimum atomic E-state index is 0.442. The summed E-state index contributed by atoms with van der Waals surface area (Å²) in [6, 6.07) is 9.22. The van der Waals surface area contributed by atoms with E-state index in [9.17, 15) is 0 Å². The van der Waals surface area contributed by atoms with Crippen LogP contribution in [0.1, 0.15) is 5.56 Å². The largest absolute Gasteiger partial charge is 0.497 e. The van der Waals surface area contributed by atoms with Gasteiger partial charge in [-0.2, -0.15) is 0 Å². The molecule has 2 aromatic rings. The summed E-state index contributed by atoms with van der Waals surface area (Å²) in [6.07, 6.45) is 1.66. The Labute approximate surface area is 114 Å². The van der Waals surface area contributed by atoms with Crippen LogP contribution < -0.4 is 15.2 Å². The van der Waals surface area contributed by atoms with E-state index in [1.54, 1.807) is 19.4 Å². The van der Waals surface area contributed by atoms with E-state index in [1.165, 1.54) is 0 Å². The van der Waals surface area contributed by atoms with Crippen LogP contribution in [0, 0.1) is 0 Å². The van der Waals surface area contributed by atoms with Crippen molar-refractivity contribution in [1.29, 1.82) is 0 Å². The first-order chi connectivity index (χ1) is 8.69. The Balaban J connectivity index is 2.06. The first kappa shape index (κ1) is 12.7. The average Bonchev–Trinajstić information content (AvgIpc) is 2.37. The van der Waals surface area contributed by atoms with E-state index in [0.29, 0.717) is 12.4 Å². The summed E-state index contributed by atoms with van der Waals surface area (Å²) in [5.74, 6) is 2.03. The van der Waals surface area contributed by atoms with Crippen LogP contribution in [0.5, 0.6) is 11.5 Å². The van der Waals surface area contributed by atoms with E-state index in [1.807, 2.05) is 24.3 Å². The second kappa shape index (κ2) is 5.73. The van der Waals surface area contributed by atoms with Crippen molar-refractivity contribution >= 4 is 21.7 Å². The van der Waals surface area contributed by atoms with Crippen molar-refractivity contribution in [2.45, 2.75) is 6.61 Å². The molecule has 4 nitrogen and oxygen atoms in total. The minimum absolute atomic E-state index is 0.442. The molecule has 2 rings (SSSR count). The molecule has 0 fully saturated rings. The third-order valence-electron chi connectivity index (χ3n) is 2.38. The number of nitrogens with zero attached hydrogens (tertiary/aromatic N) is 1. The summed E-state index contributed by atoms with van der Waals surface area (Å²) in [4.78, 5) is 3.93. The summed E-state index contributed by atoms with van der Waals surface area (Å²) >= 11 is 3.43. The number of rotatable bonds is 4. The molecule has 2 N–H and O–H groups in total. The standard InChI is InChI=1S/C13H13BrN2O2/c1-17-10-2-3-12(11(14)7-10)18-8-9-4-5-16-13(15)6-9/h2-7H,8H2,1H3,(H2,15,16). The number of nitrogen functional groups attached to an aromatic ring is 1. The summed E-state index contributed by atoms with van der Waals surface area (Å²) in [7, 11) is 1.63. The maximum atomic E-state index is 5.69. The molecule has 0 spiro atoms. The molecule has 0 unspecified atom stereocenters. The Morgan fingerprint density at radius 3 is 2.78 bits per heavy atom. The molecule has 0 amide bonds. The molecule has 5 heteroatoms. The van der Waals surface area contributed by atoms with Crippen LogP contribution in [0.2, 0.25) is 0 Å². The smallest absolute Gasteiger partial charge is 0.134 e. The highest BCUT2D eigenvalue weighted by molar-refractivity contribution is 9.10. The maximum absolute atomic E-state index is 5.69. The molecular formula is C13H13BrN2O2. The summed E-state index contributed by atoms with van der Waals surface area (Å²) in [5, 5.41) is 0. The second-order valence-corrected chi connectivity index (χ2v) is 4.53. The molecule has 1 aromatic carbocycles. The molecule has 94 valence electrons. The molecule has 0 aliphatic rings. The van der Waals surface area contributed by atoms with Gasteiger partial charge in [0.1, 0.15) is 23.9 Å². The lowest BCUT2D eigenvalue weighted by Gasteiger charge is -2.09. The zero-order valence-electron chi connectivity index (χ0n) is 9.89.